The molecule has 0 heterocycles. The molecule has 0 radical (unpaired) electrons. The lowest BCUT2D eigenvalue weighted by atomic mass is 9.89. The lowest BCUT2D eigenvalue weighted by Crippen LogP contribution is -2.31. The van der Waals surface area contributed by atoms with E-state index < -0.39 is 0 Å². The van der Waals surface area contributed by atoms with E-state index in [0.29, 0.717) is 6.61 Å². The number of amidine groups is 1. The van der Waals surface area contributed by atoms with Gasteiger partial charge in [0.05, 0.1) is 5.84 Å². The Morgan fingerprint density at radius 1 is 1.06 bits per heavy atom. The SMILES string of the molecule is CCCCCCCCOCCC(C)(C)C(=N)N. The van der Waals surface area contributed by atoms with Crippen LogP contribution in [0.3, 0.4) is 0 Å². The molecule has 3 N–H and O–H groups in total. The van der Waals surface area contributed by atoms with Crippen molar-refractivity contribution in [2.24, 2.45) is 11.1 Å². The molecule has 0 bridgehead atoms. The van der Waals surface area contributed by atoms with E-state index in [1.807, 2.05) is 13.8 Å². The minimum absolute atomic E-state index is 0.221. The third-order valence-electron chi connectivity index (χ3n) is 3.24. The second kappa shape index (κ2) is 9.46. The average molecular weight is 242 g/mol. The van der Waals surface area contributed by atoms with E-state index in [0.717, 1.165) is 19.4 Å². The standard InChI is InChI=1S/C14H30N2O/c1-4-5-6-7-8-9-11-17-12-10-14(2,3)13(15)16/h4-12H2,1-3H3,(H3,15,16). The minimum Gasteiger partial charge on any atom is -0.387 e. The van der Waals surface area contributed by atoms with Crippen molar-refractivity contribution in [3.63, 3.8) is 0 Å². The zero-order valence-electron chi connectivity index (χ0n) is 11.8. The summed E-state index contributed by atoms with van der Waals surface area (Å²) in [5.74, 6) is 0.251. The van der Waals surface area contributed by atoms with Crippen LogP contribution in [0.15, 0.2) is 0 Å². The van der Waals surface area contributed by atoms with Gasteiger partial charge in [0.25, 0.3) is 0 Å². The molecule has 0 aromatic rings. The fourth-order valence-corrected chi connectivity index (χ4v) is 1.55. The Hall–Kier alpha value is -0.570. The highest BCUT2D eigenvalue weighted by Crippen LogP contribution is 2.19. The van der Waals surface area contributed by atoms with Crippen molar-refractivity contribution in [1.29, 1.82) is 5.41 Å². The monoisotopic (exact) mass is 242 g/mol. The first-order valence-corrected chi connectivity index (χ1v) is 6.93. The number of hydrogen-bond acceptors (Lipinski definition) is 2. The summed E-state index contributed by atoms with van der Waals surface area (Å²) in [6.07, 6.45) is 8.60. The summed E-state index contributed by atoms with van der Waals surface area (Å²) in [5, 5.41) is 7.43. The summed E-state index contributed by atoms with van der Waals surface area (Å²) in [4.78, 5) is 0. The fraction of sp³-hybridized carbons (Fsp3) is 0.929. The van der Waals surface area contributed by atoms with E-state index in [9.17, 15) is 0 Å². The Bertz CT molecular complexity index is 202. The second-order valence-corrected chi connectivity index (χ2v) is 5.43. The van der Waals surface area contributed by atoms with Crippen molar-refractivity contribution in [3.05, 3.63) is 0 Å². The normalized spacial score (nSPS) is 11.7. The lowest BCUT2D eigenvalue weighted by molar-refractivity contribution is 0.113. The van der Waals surface area contributed by atoms with Gasteiger partial charge in [-0.05, 0) is 12.8 Å². The van der Waals surface area contributed by atoms with Crippen LogP contribution in [0, 0.1) is 10.8 Å². The number of nitrogens with one attached hydrogen (secondary N) is 1. The summed E-state index contributed by atoms with van der Waals surface area (Å²) in [7, 11) is 0. The molecule has 0 amide bonds. The first-order valence-electron chi connectivity index (χ1n) is 6.93. The highest BCUT2D eigenvalue weighted by molar-refractivity contribution is 5.82. The molecule has 0 atom stereocenters. The summed E-state index contributed by atoms with van der Waals surface area (Å²) >= 11 is 0. The van der Waals surface area contributed by atoms with Crippen molar-refractivity contribution in [1.82, 2.24) is 0 Å². The van der Waals surface area contributed by atoms with E-state index in [-0.39, 0.29) is 11.3 Å². The Morgan fingerprint density at radius 3 is 2.24 bits per heavy atom. The van der Waals surface area contributed by atoms with E-state index in [4.69, 9.17) is 15.9 Å². The molecule has 0 saturated carbocycles. The first-order chi connectivity index (χ1) is 8.00. The van der Waals surface area contributed by atoms with Gasteiger partial charge in [0.15, 0.2) is 0 Å². The van der Waals surface area contributed by atoms with Crippen LogP contribution in [0.25, 0.3) is 0 Å². The Balaban J connectivity index is 3.27. The van der Waals surface area contributed by atoms with Crippen LogP contribution >= 0.6 is 0 Å². The smallest absolute Gasteiger partial charge is 0.0963 e. The maximum absolute atomic E-state index is 7.43. The van der Waals surface area contributed by atoms with Crippen LogP contribution in [0.1, 0.15) is 65.7 Å². The molecule has 0 aliphatic carbocycles. The van der Waals surface area contributed by atoms with Gasteiger partial charge in [-0.15, -0.1) is 0 Å². The van der Waals surface area contributed by atoms with Crippen LogP contribution in [-0.2, 0) is 4.74 Å². The zero-order chi connectivity index (χ0) is 13.1. The van der Waals surface area contributed by atoms with E-state index in [1.54, 1.807) is 0 Å². The van der Waals surface area contributed by atoms with Gasteiger partial charge in [-0.2, -0.15) is 0 Å². The molecule has 3 heteroatoms. The fourth-order valence-electron chi connectivity index (χ4n) is 1.55. The van der Waals surface area contributed by atoms with E-state index in [2.05, 4.69) is 6.92 Å². The van der Waals surface area contributed by atoms with E-state index >= 15 is 0 Å². The number of hydrogen-bond donors (Lipinski definition) is 2. The third-order valence-corrected chi connectivity index (χ3v) is 3.24. The Labute approximate surface area is 107 Å². The number of unbranched alkanes of at least 4 members (excludes halogenated alkanes) is 5. The maximum Gasteiger partial charge on any atom is 0.0963 e. The molecule has 17 heavy (non-hydrogen) atoms. The molecule has 0 aromatic carbocycles. The molecular formula is C14H30N2O. The van der Waals surface area contributed by atoms with Crippen molar-refractivity contribution in [2.75, 3.05) is 13.2 Å². The predicted octanol–water partition coefficient (Wildman–Crippen LogP) is 3.72. The first kappa shape index (κ1) is 16.4. The van der Waals surface area contributed by atoms with Crippen LogP contribution in [-0.4, -0.2) is 19.0 Å². The molecule has 0 spiro atoms. The maximum atomic E-state index is 7.43. The summed E-state index contributed by atoms with van der Waals surface area (Å²) < 4.78 is 5.57. The topological polar surface area (TPSA) is 59.1 Å². The van der Waals surface area contributed by atoms with Crippen molar-refractivity contribution in [3.8, 4) is 0 Å². The molecule has 0 rings (SSSR count). The molecular weight excluding hydrogens is 212 g/mol. The third kappa shape index (κ3) is 9.16. The lowest BCUT2D eigenvalue weighted by Gasteiger charge is -2.22. The van der Waals surface area contributed by atoms with Crippen molar-refractivity contribution < 1.29 is 4.74 Å². The Morgan fingerprint density at radius 2 is 1.65 bits per heavy atom. The van der Waals surface area contributed by atoms with Gasteiger partial charge in [0.2, 0.25) is 0 Å². The summed E-state index contributed by atoms with van der Waals surface area (Å²) in [5.41, 5.74) is 5.29. The quantitative estimate of drug-likeness (QED) is 0.329. The summed E-state index contributed by atoms with van der Waals surface area (Å²) in [6, 6.07) is 0. The molecule has 0 aliphatic heterocycles. The molecule has 0 aliphatic rings. The van der Waals surface area contributed by atoms with Gasteiger partial charge >= 0.3 is 0 Å². The van der Waals surface area contributed by atoms with Gasteiger partial charge in [0, 0.05) is 18.6 Å². The van der Waals surface area contributed by atoms with Gasteiger partial charge in [-0.3, -0.25) is 5.41 Å². The van der Waals surface area contributed by atoms with Crippen LogP contribution in [0.4, 0.5) is 0 Å². The van der Waals surface area contributed by atoms with Crippen molar-refractivity contribution in [2.45, 2.75) is 65.7 Å². The largest absolute Gasteiger partial charge is 0.387 e. The van der Waals surface area contributed by atoms with Gasteiger partial charge in [0.1, 0.15) is 0 Å². The molecule has 0 aromatic heterocycles. The molecule has 3 nitrogen and oxygen atoms in total. The Kier molecular flexibility index (Phi) is 9.14. The molecule has 0 saturated heterocycles. The van der Waals surface area contributed by atoms with Gasteiger partial charge in [-0.25, -0.2) is 0 Å². The number of ether oxygens (including phenoxy) is 1. The zero-order valence-corrected chi connectivity index (χ0v) is 11.8. The van der Waals surface area contributed by atoms with E-state index in [1.165, 1.54) is 32.1 Å². The van der Waals surface area contributed by atoms with Crippen LogP contribution in [0.5, 0.6) is 0 Å². The van der Waals surface area contributed by atoms with Crippen LogP contribution in [0.2, 0.25) is 0 Å². The molecule has 0 unspecified atom stereocenters. The molecule has 102 valence electrons. The molecule has 0 fully saturated rings. The predicted molar refractivity (Wildman–Crippen MR) is 74.5 cm³/mol. The van der Waals surface area contributed by atoms with Gasteiger partial charge in [-0.1, -0.05) is 52.9 Å². The van der Waals surface area contributed by atoms with Crippen LogP contribution < -0.4 is 5.73 Å². The van der Waals surface area contributed by atoms with Crippen molar-refractivity contribution >= 4 is 5.84 Å². The highest BCUT2D eigenvalue weighted by atomic mass is 16.5. The number of rotatable bonds is 11. The summed E-state index contributed by atoms with van der Waals surface area (Å²) in [6.45, 7) is 7.77. The average Bonchev–Trinajstić information content (AvgIpc) is 2.26. The number of nitrogens with two attached hydrogens (primary N) is 1. The highest BCUT2D eigenvalue weighted by Gasteiger charge is 2.20. The second-order valence-electron chi connectivity index (χ2n) is 5.43. The minimum atomic E-state index is -0.221. The van der Waals surface area contributed by atoms with Gasteiger partial charge < -0.3 is 10.5 Å².